The Labute approximate surface area is 158 Å². The maximum Gasteiger partial charge on any atom is 0.157 e. The van der Waals surface area contributed by atoms with Crippen LogP contribution in [0, 0.1) is 6.92 Å². The van der Waals surface area contributed by atoms with Gasteiger partial charge in [-0.05, 0) is 62.1 Å². The quantitative estimate of drug-likeness (QED) is 0.490. The molecule has 4 aromatic rings. The van der Waals surface area contributed by atoms with Crippen molar-refractivity contribution in [1.29, 1.82) is 0 Å². The second-order valence-corrected chi connectivity index (χ2v) is 7.23. The number of unbranched alkanes of at least 4 members (excludes halogenated alkanes) is 1. The maximum absolute atomic E-state index is 6.59. The molecule has 0 atom stereocenters. The molecule has 4 rings (SSSR count). The summed E-state index contributed by atoms with van der Waals surface area (Å²) in [5, 5.41) is 1.90. The van der Waals surface area contributed by atoms with E-state index < -0.39 is 0 Å². The molecule has 134 valence electrons. The average molecular weight is 367 g/mol. The third-order valence-corrected chi connectivity index (χ3v) is 5.42. The van der Waals surface area contributed by atoms with E-state index in [9.17, 15) is 0 Å². The summed E-state index contributed by atoms with van der Waals surface area (Å²) in [5.41, 5.74) is 12.4. The summed E-state index contributed by atoms with van der Waals surface area (Å²) in [6.07, 6.45) is 2.96. The zero-order valence-corrected chi connectivity index (χ0v) is 15.9. The van der Waals surface area contributed by atoms with Gasteiger partial charge in [-0.3, -0.25) is 0 Å². The van der Waals surface area contributed by atoms with Crippen LogP contribution >= 0.6 is 11.6 Å². The molecule has 0 aliphatic rings. The third-order valence-electron chi connectivity index (χ3n) is 5.11. The summed E-state index contributed by atoms with van der Waals surface area (Å²) in [6.45, 7) is 2.81. The van der Waals surface area contributed by atoms with Gasteiger partial charge in [0.1, 0.15) is 0 Å². The number of nitrogens with two attached hydrogens (primary N) is 1. The molecule has 26 heavy (non-hydrogen) atoms. The van der Waals surface area contributed by atoms with E-state index in [0.29, 0.717) is 6.54 Å². The molecule has 2 aromatic heterocycles. The fourth-order valence-corrected chi connectivity index (χ4v) is 3.99. The number of H-pyrrole nitrogens is 1. The van der Waals surface area contributed by atoms with E-state index in [1.807, 2.05) is 24.3 Å². The standard InChI is InChI=1S/C21H23ClN4/c1-13-10-11-15(22)18-14(7-5-6-12-23)20(25-19(13)18)21-24-16-8-3-4-9-17(16)26(21)2/h3-4,8-11,25H,5-7,12,23H2,1-2H3. The Balaban J connectivity index is 1.98. The number of fused-ring (bicyclic) bond motifs is 2. The van der Waals surface area contributed by atoms with Crippen molar-refractivity contribution in [1.82, 2.24) is 14.5 Å². The lowest BCUT2D eigenvalue weighted by molar-refractivity contribution is 0.747. The molecular weight excluding hydrogens is 344 g/mol. The van der Waals surface area contributed by atoms with Crippen molar-refractivity contribution in [3.05, 3.63) is 52.5 Å². The Morgan fingerprint density at radius 2 is 1.96 bits per heavy atom. The second-order valence-electron chi connectivity index (χ2n) is 6.82. The minimum absolute atomic E-state index is 0.705. The van der Waals surface area contributed by atoms with Crippen LogP contribution in [0.3, 0.4) is 0 Å². The van der Waals surface area contributed by atoms with Crippen LogP contribution in [0.25, 0.3) is 33.5 Å². The monoisotopic (exact) mass is 366 g/mol. The smallest absolute Gasteiger partial charge is 0.157 e. The second kappa shape index (κ2) is 6.78. The molecule has 5 heteroatoms. The molecule has 0 amide bonds. The normalized spacial score (nSPS) is 11.7. The number of nitrogens with zero attached hydrogens (tertiary/aromatic N) is 2. The van der Waals surface area contributed by atoms with Gasteiger partial charge >= 0.3 is 0 Å². The molecule has 0 aliphatic carbocycles. The number of aryl methyl sites for hydroxylation is 3. The van der Waals surface area contributed by atoms with Gasteiger partial charge in [0.05, 0.1) is 27.3 Å². The molecule has 2 aromatic carbocycles. The lowest BCUT2D eigenvalue weighted by atomic mass is 10.0. The first-order valence-corrected chi connectivity index (χ1v) is 9.41. The van der Waals surface area contributed by atoms with Gasteiger partial charge in [-0.25, -0.2) is 4.98 Å². The van der Waals surface area contributed by atoms with E-state index in [-0.39, 0.29) is 0 Å². The predicted octanol–water partition coefficient (Wildman–Crippen LogP) is 4.96. The molecule has 2 heterocycles. The number of hydrogen-bond acceptors (Lipinski definition) is 2. The van der Waals surface area contributed by atoms with Crippen molar-refractivity contribution >= 4 is 33.5 Å². The number of nitrogens with one attached hydrogen (secondary N) is 1. The summed E-state index contributed by atoms with van der Waals surface area (Å²) in [4.78, 5) is 8.51. The number of para-hydroxylation sites is 2. The average Bonchev–Trinajstić information content (AvgIpc) is 3.18. The van der Waals surface area contributed by atoms with Crippen molar-refractivity contribution in [2.24, 2.45) is 12.8 Å². The third kappa shape index (κ3) is 2.70. The zero-order chi connectivity index (χ0) is 18.3. The number of aromatic nitrogens is 3. The van der Waals surface area contributed by atoms with Crippen LogP contribution in [0.5, 0.6) is 0 Å². The van der Waals surface area contributed by atoms with Gasteiger partial charge in [0.15, 0.2) is 5.82 Å². The summed E-state index contributed by atoms with van der Waals surface area (Å²) >= 11 is 6.59. The fraction of sp³-hybridized carbons (Fsp3) is 0.286. The minimum Gasteiger partial charge on any atom is -0.351 e. The predicted molar refractivity (Wildman–Crippen MR) is 110 cm³/mol. The topological polar surface area (TPSA) is 59.6 Å². The molecule has 0 fully saturated rings. The fourth-order valence-electron chi connectivity index (χ4n) is 3.72. The summed E-state index contributed by atoms with van der Waals surface area (Å²) < 4.78 is 2.15. The van der Waals surface area contributed by atoms with Crippen LogP contribution in [-0.4, -0.2) is 21.1 Å². The van der Waals surface area contributed by atoms with E-state index in [4.69, 9.17) is 22.3 Å². The molecule has 0 aliphatic heterocycles. The number of aromatic amines is 1. The largest absolute Gasteiger partial charge is 0.351 e. The molecule has 0 radical (unpaired) electrons. The van der Waals surface area contributed by atoms with Crippen molar-refractivity contribution < 1.29 is 0 Å². The Kier molecular flexibility index (Phi) is 4.47. The highest BCUT2D eigenvalue weighted by Gasteiger charge is 2.20. The van der Waals surface area contributed by atoms with Gasteiger partial charge in [0, 0.05) is 12.4 Å². The Morgan fingerprint density at radius 1 is 1.15 bits per heavy atom. The number of hydrogen-bond donors (Lipinski definition) is 2. The minimum atomic E-state index is 0.705. The molecule has 0 spiro atoms. The Morgan fingerprint density at radius 3 is 2.73 bits per heavy atom. The molecule has 4 nitrogen and oxygen atoms in total. The zero-order valence-electron chi connectivity index (χ0n) is 15.1. The highest BCUT2D eigenvalue weighted by atomic mass is 35.5. The van der Waals surface area contributed by atoms with E-state index >= 15 is 0 Å². The van der Waals surface area contributed by atoms with Gasteiger partial charge in [0.2, 0.25) is 0 Å². The lowest BCUT2D eigenvalue weighted by Gasteiger charge is -2.06. The summed E-state index contributed by atoms with van der Waals surface area (Å²) in [6, 6.07) is 12.3. The SMILES string of the molecule is Cc1ccc(Cl)c2c(CCCCN)c(-c3nc4ccccc4n3C)[nH]c12. The molecule has 3 N–H and O–H groups in total. The Hall–Kier alpha value is -2.30. The number of rotatable bonds is 5. The molecule has 0 saturated carbocycles. The van der Waals surface area contributed by atoms with Gasteiger partial charge in [-0.1, -0.05) is 29.8 Å². The first kappa shape index (κ1) is 17.1. The van der Waals surface area contributed by atoms with E-state index in [0.717, 1.165) is 57.7 Å². The van der Waals surface area contributed by atoms with Gasteiger partial charge in [0.25, 0.3) is 0 Å². The molecule has 0 saturated heterocycles. The van der Waals surface area contributed by atoms with Crippen molar-refractivity contribution in [3.63, 3.8) is 0 Å². The van der Waals surface area contributed by atoms with E-state index in [1.165, 1.54) is 11.1 Å². The van der Waals surface area contributed by atoms with Crippen LogP contribution in [0.4, 0.5) is 0 Å². The van der Waals surface area contributed by atoms with Crippen LogP contribution < -0.4 is 5.73 Å². The number of imidazole rings is 1. The Bertz CT molecular complexity index is 1090. The first-order chi connectivity index (χ1) is 12.6. The van der Waals surface area contributed by atoms with Crippen LogP contribution in [0.2, 0.25) is 5.02 Å². The molecule has 0 unspecified atom stereocenters. The van der Waals surface area contributed by atoms with Gasteiger partial charge < -0.3 is 15.3 Å². The van der Waals surface area contributed by atoms with Gasteiger partial charge in [-0.2, -0.15) is 0 Å². The summed E-state index contributed by atoms with van der Waals surface area (Å²) in [7, 11) is 2.06. The van der Waals surface area contributed by atoms with Crippen LogP contribution in [0.1, 0.15) is 24.0 Å². The molecular formula is C21H23ClN4. The number of benzene rings is 2. The number of halogens is 1. The maximum atomic E-state index is 6.59. The van der Waals surface area contributed by atoms with Crippen LogP contribution in [-0.2, 0) is 13.5 Å². The lowest BCUT2D eigenvalue weighted by Crippen LogP contribution is -2.00. The summed E-state index contributed by atoms with van der Waals surface area (Å²) in [5.74, 6) is 0.945. The van der Waals surface area contributed by atoms with Crippen molar-refractivity contribution in [2.45, 2.75) is 26.2 Å². The highest BCUT2D eigenvalue weighted by molar-refractivity contribution is 6.36. The van der Waals surface area contributed by atoms with Crippen LogP contribution in [0.15, 0.2) is 36.4 Å². The molecule has 0 bridgehead atoms. The first-order valence-electron chi connectivity index (χ1n) is 9.03. The van der Waals surface area contributed by atoms with Gasteiger partial charge in [-0.15, -0.1) is 0 Å². The van der Waals surface area contributed by atoms with Crippen molar-refractivity contribution in [3.8, 4) is 11.5 Å². The van der Waals surface area contributed by atoms with E-state index in [2.05, 4.69) is 35.7 Å². The highest BCUT2D eigenvalue weighted by Crippen LogP contribution is 2.37. The van der Waals surface area contributed by atoms with E-state index in [1.54, 1.807) is 0 Å². The van der Waals surface area contributed by atoms with Crippen molar-refractivity contribution in [2.75, 3.05) is 6.54 Å².